The van der Waals surface area contributed by atoms with Gasteiger partial charge in [-0.3, -0.25) is 14.4 Å². The van der Waals surface area contributed by atoms with Crippen LogP contribution < -0.4 is 16.8 Å². The lowest BCUT2D eigenvalue weighted by Gasteiger charge is -2.11. The van der Waals surface area contributed by atoms with Gasteiger partial charge in [-0.15, -0.1) is 0 Å². The molecule has 9 N–H and O–H groups in total. The van der Waals surface area contributed by atoms with E-state index in [0.717, 1.165) is 25.8 Å². The third kappa shape index (κ3) is 12.3. The molecule has 0 aromatic carbocycles. The third-order valence-corrected chi connectivity index (χ3v) is 3.71. The van der Waals surface area contributed by atoms with E-state index in [4.69, 9.17) is 31.9 Å². The smallest absolute Gasteiger partial charge is 0.323 e. The molecular weight excluding hydrogens is 334 g/mol. The number of hydrogen-bond acceptors (Lipinski definition) is 7. The van der Waals surface area contributed by atoms with E-state index in [1.807, 2.05) is 13.8 Å². The number of carbonyl (C=O) groups is 3. The van der Waals surface area contributed by atoms with Crippen LogP contribution in [0.2, 0.25) is 0 Å². The highest BCUT2D eigenvalue weighted by Gasteiger charge is 2.20. The Bertz CT molecular complexity index is 400. The number of aliphatic hydroxyl groups is 1. The summed E-state index contributed by atoms with van der Waals surface area (Å²) in [4.78, 5) is 30.2. The van der Waals surface area contributed by atoms with Crippen LogP contribution in [0.5, 0.6) is 0 Å². The molecule has 1 saturated heterocycles. The van der Waals surface area contributed by atoms with Crippen molar-refractivity contribution in [3.05, 3.63) is 0 Å². The normalized spacial score (nSPS) is 20.6. The fraction of sp³-hybridized carbons (Fsp3) is 0.800. The maximum atomic E-state index is 10.2. The van der Waals surface area contributed by atoms with Gasteiger partial charge in [0.25, 0.3) is 0 Å². The number of nitrogens with two attached hydrogens (primary N) is 2. The maximum absolute atomic E-state index is 10.2. The van der Waals surface area contributed by atoms with Gasteiger partial charge in [-0.2, -0.15) is 0 Å². The standard InChI is InChI=1S/C6H13NO2.C5H9NO2.C4H9NO3/c1-3-4(2)5(7)6(8)9;7-5(8)4-2-1-3-6-4;1-2(6)3(5)4(7)8/h4-5H,3,7H2,1-2H3,(H,8,9);4,6H,1-3H2,(H,7,8);2-3,6H,5H2,1H3,(H,7,8)/t;4-;/m.0./s1. The zero-order valence-electron chi connectivity index (χ0n) is 14.9. The van der Waals surface area contributed by atoms with Gasteiger partial charge in [0.05, 0.1) is 6.10 Å². The van der Waals surface area contributed by atoms with Crippen molar-refractivity contribution in [3.8, 4) is 0 Å². The molecule has 5 atom stereocenters. The minimum absolute atomic E-state index is 0.0718. The molecule has 0 aliphatic carbocycles. The Balaban J connectivity index is 0. The van der Waals surface area contributed by atoms with Gasteiger partial charge >= 0.3 is 17.9 Å². The molecular formula is C15H31N3O7. The van der Waals surface area contributed by atoms with Gasteiger partial charge in [0, 0.05) is 0 Å². The Hall–Kier alpha value is -1.75. The fourth-order valence-corrected chi connectivity index (χ4v) is 1.60. The average molecular weight is 365 g/mol. The van der Waals surface area contributed by atoms with E-state index in [1.54, 1.807) is 0 Å². The number of carboxylic acid groups (broad SMARTS) is 3. The molecule has 0 spiro atoms. The lowest BCUT2D eigenvalue weighted by Crippen LogP contribution is -2.39. The van der Waals surface area contributed by atoms with Gasteiger partial charge in [0.15, 0.2) is 0 Å². The number of nitrogens with one attached hydrogen (secondary N) is 1. The van der Waals surface area contributed by atoms with Crippen LogP contribution in [-0.4, -0.2) is 69.1 Å². The lowest BCUT2D eigenvalue weighted by molar-refractivity contribution is -0.141. The highest BCUT2D eigenvalue weighted by Crippen LogP contribution is 2.04. The summed E-state index contributed by atoms with van der Waals surface area (Å²) < 4.78 is 0. The Kier molecular flexibility index (Phi) is 13.8. The Morgan fingerprint density at radius 3 is 1.68 bits per heavy atom. The monoisotopic (exact) mass is 365 g/mol. The van der Waals surface area contributed by atoms with Gasteiger partial charge in [-0.05, 0) is 32.2 Å². The Morgan fingerprint density at radius 2 is 1.56 bits per heavy atom. The van der Waals surface area contributed by atoms with E-state index in [1.165, 1.54) is 6.92 Å². The van der Waals surface area contributed by atoms with Crippen molar-refractivity contribution in [1.29, 1.82) is 0 Å². The predicted molar refractivity (Wildman–Crippen MR) is 91.0 cm³/mol. The first kappa shape index (κ1) is 25.5. The number of hydrogen-bond donors (Lipinski definition) is 7. The summed E-state index contributed by atoms with van der Waals surface area (Å²) in [5, 5.41) is 36.1. The molecule has 1 rings (SSSR count). The number of rotatable bonds is 6. The molecule has 0 radical (unpaired) electrons. The molecule has 0 saturated carbocycles. The van der Waals surface area contributed by atoms with Gasteiger partial charge in [0.2, 0.25) is 0 Å². The molecule has 0 bridgehead atoms. The topological polar surface area (TPSA) is 196 Å². The molecule has 0 aromatic rings. The van der Waals surface area contributed by atoms with Crippen molar-refractivity contribution in [3.63, 3.8) is 0 Å². The molecule has 1 aliphatic heterocycles. The van der Waals surface area contributed by atoms with E-state index in [0.29, 0.717) is 0 Å². The van der Waals surface area contributed by atoms with Crippen molar-refractivity contribution in [2.24, 2.45) is 17.4 Å². The van der Waals surface area contributed by atoms with Crippen LogP contribution in [0.4, 0.5) is 0 Å². The first-order valence-electron chi connectivity index (χ1n) is 8.06. The molecule has 148 valence electrons. The minimum Gasteiger partial charge on any atom is -0.480 e. The number of carboxylic acids is 3. The molecule has 25 heavy (non-hydrogen) atoms. The molecule has 0 amide bonds. The van der Waals surface area contributed by atoms with Crippen molar-refractivity contribution in [1.82, 2.24) is 5.32 Å². The quantitative estimate of drug-likeness (QED) is 0.308. The van der Waals surface area contributed by atoms with Crippen LogP contribution >= 0.6 is 0 Å². The fourth-order valence-electron chi connectivity index (χ4n) is 1.60. The summed E-state index contributed by atoms with van der Waals surface area (Å²) in [5.74, 6) is -2.74. The highest BCUT2D eigenvalue weighted by molar-refractivity contribution is 5.74. The molecule has 0 aromatic heterocycles. The summed E-state index contributed by atoms with van der Waals surface area (Å²) in [5.41, 5.74) is 10.2. The van der Waals surface area contributed by atoms with E-state index < -0.39 is 36.1 Å². The lowest BCUT2D eigenvalue weighted by atomic mass is 10.0. The second kappa shape index (κ2) is 13.5. The molecule has 1 aliphatic rings. The molecule has 10 nitrogen and oxygen atoms in total. The summed E-state index contributed by atoms with van der Waals surface area (Å²) in [6.07, 6.45) is 1.62. The minimum atomic E-state index is -1.18. The zero-order chi connectivity index (χ0) is 20.2. The molecule has 1 heterocycles. The van der Waals surface area contributed by atoms with Gasteiger partial charge in [-0.25, -0.2) is 0 Å². The summed E-state index contributed by atoms with van der Waals surface area (Å²) in [6, 6.07) is -2.13. The second-order valence-corrected chi connectivity index (χ2v) is 5.84. The second-order valence-electron chi connectivity index (χ2n) is 5.84. The maximum Gasteiger partial charge on any atom is 0.323 e. The SMILES string of the molecule is CC(O)C(N)C(=O)O.CCC(C)C(N)C(=O)O.O=C(O)[C@@H]1CCCN1. The van der Waals surface area contributed by atoms with E-state index in [9.17, 15) is 14.4 Å². The first-order chi connectivity index (χ1) is 11.4. The largest absolute Gasteiger partial charge is 0.480 e. The third-order valence-electron chi connectivity index (χ3n) is 3.71. The van der Waals surface area contributed by atoms with E-state index >= 15 is 0 Å². The summed E-state index contributed by atoms with van der Waals surface area (Å²) in [7, 11) is 0. The number of aliphatic carboxylic acids is 3. The van der Waals surface area contributed by atoms with Gasteiger partial charge < -0.3 is 37.2 Å². The highest BCUT2D eigenvalue weighted by atomic mass is 16.4. The summed E-state index contributed by atoms with van der Waals surface area (Å²) >= 11 is 0. The van der Waals surface area contributed by atoms with Crippen molar-refractivity contribution >= 4 is 17.9 Å². The molecule has 10 heteroatoms. The van der Waals surface area contributed by atoms with Crippen LogP contribution in [0.1, 0.15) is 40.0 Å². The van der Waals surface area contributed by atoms with Gasteiger partial charge in [0.1, 0.15) is 18.1 Å². The first-order valence-corrected chi connectivity index (χ1v) is 8.06. The van der Waals surface area contributed by atoms with E-state index in [-0.39, 0.29) is 12.0 Å². The van der Waals surface area contributed by atoms with Gasteiger partial charge in [-0.1, -0.05) is 20.3 Å². The van der Waals surface area contributed by atoms with Crippen LogP contribution in [-0.2, 0) is 14.4 Å². The predicted octanol–water partition coefficient (Wildman–Crippen LogP) is -0.953. The zero-order valence-corrected chi connectivity index (χ0v) is 14.9. The van der Waals surface area contributed by atoms with Crippen LogP contribution in [0.15, 0.2) is 0 Å². The van der Waals surface area contributed by atoms with Crippen molar-refractivity contribution in [2.75, 3.05) is 6.54 Å². The van der Waals surface area contributed by atoms with Crippen LogP contribution in [0, 0.1) is 5.92 Å². The van der Waals surface area contributed by atoms with Crippen LogP contribution in [0.3, 0.4) is 0 Å². The average Bonchev–Trinajstić information content (AvgIpc) is 3.08. The number of aliphatic hydroxyl groups excluding tert-OH is 1. The van der Waals surface area contributed by atoms with Crippen molar-refractivity contribution in [2.45, 2.75) is 64.3 Å². The van der Waals surface area contributed by atoms with E-state index in [2.05, 4.69) is 5.32 Å². The summed E-state index contributed by atoms with van der Waals surface area (Å²) in [6.45, 7) is 5.95. The Labute approximate surface area is 147 Å². The molecule has 4 unspecified atom stereocenters. The van der Waals surface area contributed by atoms with Crippen molar-refractivity contribution < 1.29 is 34.8 Å². The molecule has 1 fully saturated rings. The van der Waals surface area contributed by atoms with Crippen LogP contribution in [0.25, 0.3) is 0 Å². The Morgan fingerprint density at radius 1 is 1.08 bits per heavy atom.